The van der Waals surface area contributed by atoms with Crippen LogP contribution in [0.4, 0.5) is 5.82 Å². The number of nitrogens with one attached hydrogen (secondary N) is 1. The third-order valence-electron chi connectivity index (χ3n) is 3.08. The predicted molar refractivity (Wildman–Crippen MR) is 78.9 cm³/mol. The van der Waals surface area contributed by atoms with Crippen LogP contribution in [0.2, 0.25) is 0 Å². The van der Waals surface area contributed by atoms with Crippen molar-refractivity contribution in [3.63, 3.8) is 0 Å². The highest BCUT2D eigenvalue weighted by Gasteiger charge is 2.08. The van der Waals surface area contributed by atoms with Crippen molar-refractivity contribution in [3.05, 3.63) is 53.7 Å². The Labute approximate surface area is 118 Å². The van der Waals surface area contributed by atoms with E-state index < -0.39 is 0 Å². The first-order valence-corrected chi connectivity index (χ1v) is 6.54. The van der Waals surface area contributed by atoms with Crippen molar-refractivity contribution in [2.45, 2.75) is 19.8 Å². The van der Waals surface area contributed by atoms with Crippen LogP contribution in [0.5, 0.6) is 5.75 Å². The molecular formula is C16H18N2O2. The molecule has 1 aromatic heterocycles. The van der Waals surface area contributed by atoms with Gasteiger partial charge >= 0.3 is 0 Å². The van der Waals surface area contributed by atoms with Crippen LogP contribution in [-0.4, -0.2) is 18.0 Å². The molecule has 2 rings (SSSR count). The first kappa shape index (κ1) is 14.1. The zero-order valence-electron chi connectivity index (χ0n) is 11.7. The van der Waals surface area contributed by atoms with Crippen LogP contribution in [0.1, 0.15) is 17.5 Å². The van der Waals surface area contributed by atoms with Gasteiger partial charge in [0.15, 0.2) is 0 Å². The van der Waals surface area contributed by atoms with E-state index in [9.17, 15) is 4.79 Å². The highest BCUT2D eigenvalue weighted by molar-refractivity contribution is 5.90. The number of aryl methyl sites for hydroxylation is 2. The maximum atomic E-state index is 11.9. The number of anilines is 1. The maximum absolute atomic E-state index is 11.9. The Bertz CT molecular complexity index is 597. The molecule has 0 bridgehead atoms. The number of aromatic nitrogens is 1. The molecule has 0 aliphatic rings. The molecule has 0 saturated carbocycles. The van der Waals surface area contributed by atoms with Gasteiger partial charge in [0.05, 0.1) is 7.11 Å². The Morgan fingerprint density at radius 2 is 2.05 bits per heavy atom. The Morgan fingerprint density at radius 3 is 2.80 bits per heavy atom. The molecule has 20 heavy (non-hydrogen) atoms. The summed E-state index contributed by atoms with van der Waals surface area (Å²) >= 11 is 0. The van der Waals surface area contributed by atoms with Crippen LogP contribution in [0.15, 0.2) is 42.6 Å². The maximum Gasteiger partial charge on any atom is 0.225 e. The molecule has 4 nitrogen and oxygen atoms in total. The quantitative estimate of drug-likeness (QED) is 0.908. The molecule has 0 saturated heterocycles. The molecule has 1 amide bonds. The third-order valence-corrected chi connectivity index (χ3v) is 3.08. The summed E-state index contributed by atoms with van der Waals surface area (Å²) in [6.45, 7) is 1.92. The largest absolute Gasteiger partial charge is 0.496 e. The minimum absolute atomic E-state index is 0.0438. The van der Waals surface area contributed by atoms with Crippen molar-refractivity contribution in [2.75, 3.05) is 12.4 Å². The van der Waals surface area contributed by atoms with E-state index in [1.54, 1.807) is 13.3 Å². The molecule has 2 aromatic rings. The van der Waals surface area contributed by atoms with E-state index in [0.717, 1.165) is 16.9 Å². The van der Waals surface area contributed by atoms with Crippen molar-refractivity contribution in [2.24, 2.45) is 0 Å². The number of pyridine rings is 1. The number of para-hydroxylation sites is 1. The van der Waals surface area contributed by atoms with Gasteiger partial charge in [0.25, 0.3) is 0 Å². The summed E-state index contributed by atoms with van der Waals surface area (Å²) in [6.07, 6.45) is 2.71. The average molecular weight is 270 g/mol. The van der Waals surface area contributed by atoms with E-state index in [2.05, 4.69) is 10.3 Å². The third kappa shape index (κ3) is 3.57. The lowest BCUT2D eigenvalue weighted by molar-refractivity contribution is -0.116. The Balaban J connectivity index is 1.94. The standard InChI is InChI=1S/C16H18N2O2/c1-12-6-5-11-17-16(12)18-15(19)10-9-13-7-3-4-8-14(13)20-2/h3-8,11H,9-10H2,1-2H3,(H,17,18,19). The molecule has 0 aliphatic heterocycles. The first-order chi connectivity index (χ1) is 9.70. The fourth-order valence-corrected chi connectivity index (χ4v) is 1.97. The summed E-state index contributed by atoms with van der Waals surface area (Å²) in [7, 11) is 1.64. The number of hydrogen-bond donors (Lipinski definition) is 1. The second-order valence-corrected chi connectivity index (χ2v) is 4.53. The zero-order valence-corrected chi connectivity index (χ0v) is 11.7. The zero-order chi connectivity index (χ0) is 14.4. The number of ether oxygens (including phenoxy) is 1. The van der Waals surface area contributed by atoms with Crippen LogP contribution in [0, 0.1) is 6.92 Å². The number of amides is 1. The Morgan fingerprint density at radius 1 is 1.25 bits per heavy atom. The van der Waals surface area contributed by atoms with Crippen molar-refractivity contribution in [1.82, 2.24) is 4.98 Å². The number of carbonyl (C=O) groups excluding carboxylic acids is 1. The molecule has 0 spiro atoms. The van der Waals surface area contributed by atoms with Crippen molar-refractivity contribution >= 4 is 11.7 Å². The predicted octanol–water partition coefficient (Wildman–Crippen LogP) is 2.97. The normalized spacial score (nSPS) is 10.1. The molecule has 1 aromatic carbocycles. The summed E-state index contributed by atoms with van der Waals surface area (Å²) < 4.78 is 5.27. The van der Waals surface area contributed by atoms with Gasteiger partial charge in [0, 0.05) is 12.6 Å². The second-order valence-electron chi connectivity index (χ2n) is 4.53. The van der Waals surface area contributed by atoms with E-state index >= 15 is 0 Å². The molecular weight excluding hydrogens is 252 g/mol. The first-order valence-electron chi connectivity index (χ1n) is 6.54. The molecule has 104 valence electrons. The number of hydrogen-bond acceptors (Lipinski definition) is 3. The second kappa shape index (κ2) is 6.70. The molecule has 0 atom stereocenters. The molecule has 0 unspecified atom stereocenters. The van der Waals surface area contributed by atoms with Gasteiger partial charge in [-0.25, -0.2) is 4.98 Å². The number of benzene rings is 1. The number of carbonyl (C=O) groups is 1. The summed E-state index contributed by atoms with van der Waals surface area (Å²) in [5.74, 6) is 1.39. The van der Waals surface area contributed by atoms with Crippen LogP contribution >= 0.6 is 0 Å². The van der Waals surface area contributed by atoms with Crippen LogP contribution < -0.4 is 10.1 Å². The van der Waals surface area contributed by atoms with Gasteiger partial charge in [0.2, 0.25) is 5.91 Å². The molecule has 1 heterocycles. The summed E-state index contributed by atoms with van der Waals surface area (Å²) in [4.78, 5) is 16.1. The molecule has 1 N–H and O–H groups in total. The van der Waals surface area contributed by atoms with Gasteiger partial charge in [-0.2, -0.15) is 0 Å². The number of rotatable bonds is 5. The average Bonchev–Trinajstić information content (AvgIpc) is 2.48. The van der Waals surface area contributed by atoms with E-state index in [4.69, 9.17) is 4.74 Å². The molecule has 0 aliphatic carbocycles. The van der Waals surface area contributed by atoms with Gasteiger partial charge in [-0.3, -0.25) is 4.79 Å². The van der Waals surface area contributed by atoms with Crippen molar-refractivity contribution in [3.8, 4) is 5.75 Å². The highest BCUT2D eigenvalue weighted by Crippen LogP contribution is 2.19. The van der Waals surface area contributed by atoms with Crippen molar-refractivity contribution < 1.29 is 9.53 Å². The smallest absolute Gasteiger partial charge is 0.225 e. The van der Waals surface area contributed by atoms with E-state index in [1.165, 1.54) is 0 Å². The van der Waals surface area contributed by atoms with Crippen molar-refractivity contribution in [1.29, 1.82) is 0 Å². The number of methoxy groups -OCH3 is 1. The Kier molecular flexibility index (Phi) is 4.71. The summed E-state index contributed by atoms with van der Waals surface area (Å²) in [5, 5.41) is 2.83. The fraction of sp³-hybridized carbons (Fsp3) is 0.250. The van der Waals surface area contributed by atoms with Gasteiger partial charge in [-0.05, 0) is 36.6 Å². The lowest BCUT2D eigenvalue weighted by Crippen LogP contribution is -2.14. The van der Waals surface area contributed by atoms with Crippen LogP contribution in [-0.2, 0) is 11.2 Å². The molecule has 4 heteroatoms. The van der Waals surface area contributed by atoms with E-state index in [1.807, 2.05) is 43.3 Å². The van der Waals surface area contributed by atoms with Gasteiger partial charge in [0.1, 0.15) is 11.6 Å². The lowest BCUT2D eigenvalue weighted by Gasteiger charge is -2.09. The van der Waals surface area contributed by atoms with Crippen LogP contribution in [0.3, 0.4) is 0 Å². The molecule has 0 radical (unpaired) electrons. The van der Waals surface area contributed by atoms with E-state index in [0.29, 0.717) is 18.7 Å². The SMILES string of the molecule is COc1ccccc1CCC(=O)Nc1ncccc1C. The lowest BCUT2D eigenvalue weighted by atomic mass is 10.1. The fourth-order valence-electron chi connectivity index (χ4n) is 1.97. The summed E-state index contributed by atoms with van der Waals surface area (Å²) in [5.41, 5.74) is 1.99. The monoisotopic (exact) mass is 270 g/mol. The topological polar surface area (TPSA) is 51.2 Å². The summed E-state index contributed by atoms with van der Waals surface area (Å²) in [6, 6.07) is 11.5. The van der Waals surface area contributed by atoms with Gasteiger partial charge < -0.3 is 10.1 Å². The van der Waals surface area contributed by atoms with E-state index in [-0.39, 0.29) is 5.91 Å². The van der Waals surface area contributed by atoms with Gasteiger partial charge in [-0.15, -0.1) is 0 Å². The highest BCUT2D eigenvalue weighted by atomic mass is 16.5. The minimum atomic E-state index is -0.0438. The molecule has 0 fully saturated rings. The number of nitrogens with zero attached hydrogens (tertiary/aromatic N) is 1. The van der Waals surface area contributed by atoms with Gasteiger partial charge in [-0.1, -0.05) is 24.3 Å². The Hall–Kier alpha value is -2.36. The minimum Gasteiger partial charge on any atom is -0.496 e. The van der Waals surface area contributed by atoms with Crippen LogP contribution in [0.25, 0.3) is 0 Å².